The Kier molecular flexibility index (Phi) is 16.9. The Hall–Kier alpha value is -2.66. The van der Waals surface area contributed by atoms with Gasteiger partial charge in [0.25, 0.3) is 5.91 Å². The third-order valence-electron chi connectivity index (χ3n) is 7.04. The molecule has 2 N–H and O–H groups in total. The van der Waals surface area contributed by atoms with Crippen molar-refractivity contribution in [1.82, 2.24) is 5.32 Å². The second kappa shape index (κ2) is 20.3. The summed E-state index contributed by atoms with van der Waals surface area (Å²) in [4.78, 5) is 26.9. The van der Waals surface area contributed by atoms with E-state index in [2.05, 4.69) is 17.6 Å². The molecule has 0 aliphatic rings. The molecule has 0 atom stereocenters. The van der Waals surface area contributed by atoms with Gasteiger partial charge in [-0.1, -0.05) is 109 Å². The lowest BCUT2D eigenvalue weighted by Gasteiger charge is -2.21. The maximum Gasteiger partial charge on any atom is 0.258 e. The van der Waals surface area contributed by atoms with E-state index in [4.69, 9.17) is 0 Å². The van der Waals surface area contributed by atoms with E-state index in [1.165, 1.54) is 83.5 Å². The summed E-state index contributed by atoms with van der Waals surface area (Å²) in [6.45, 7) is 6.00. The van der Waals surface area contributed by atoms with Crippen molar-refractivity contribution in [2.45, 2.75) is 104 Å². The Morgan fingerprint density at radius 3 is 1.71 bits per heavy atom. The van der Waals surface area contributed by atoms with Crippen molar-refractivity contribution in [2.24, 2.45) is 0 Å². The van der Waals surface area contributed by atoms with Gasteiger partial charge in [0.15, 0.2) is 0 Å². The molecule has 0 heterocycles. The summed E-state index contributed by atoms with van der Waals surface area (Å²) in [5, 5.41) is 6.16. The SMILES string of the molecule is CCCCCCCCCCCCCCCCNCC(=O)Nc1ccc(C(=O)N(CC)c2ccccc2)cc1. The maximum absolute atomic E-state index is 12.9. The predicted octanol–water partition coefficient (Wildman–Crippen LogP) is 8.36. The van der Waals surface area contributed by atoms with E-state index in [-0.39, 0.29) is 11.8 Å². The molecule has 2 aromatic carbocycles. The average Bonchev–Trinajstić information content (AvgIpc) is 2.94. The van der Waals surface area contributed by atoms with Gasteiger partial charge < -0.3 is 15.5 Å². The van der Waals surface area contributed by atoms with Crippen LogP contribution in [0.2, 0.25) is 0 Å². The number of amides is 2. The molecule has 5 nitrogen and oxygen atoms in total. The number of carbonyl (C=O) groups is 2. The molecule has 210 valence electrons. The van der Waals surface area contributed by atoms with Crippen molar-refractivity contribution in [3.63, 3.8) is 0 Å². The zero-order chi connectivity index (χ0) is 27.3. The molecule has 2 aromatic rings. The molecule has 0 saturated heterocycles. The Morgan fingerprint density at radius 1 is 0.658 bits per heavy atom. The van der Waals surface area contributed by atoms with Crippen molar-refractivity contribution >= 4 is 23.2 Å². The fourth-order valence-electron chi connectivity index (χ4n) is 4.75. The van der Waals surface area contributed by atoms with Crippen LogP contribution in [-0.4, -0.2) is 31.4 Å². The summed E-state index contributed by atoms with van der Waals surface area (Å²) in [5.41, 5.74) is 2.18. The molecule has 0 aromatic heterocycles. The molecule has 0 spiro atoms. The van der Waals surface area contributed by atoms with E-state index in [9.17, 15) is 9.59 Å². The third-order valence-corrected chi connectivity index (χ3v) is 7.04. The van der Waals surface area contributed by atoms with Crippen LogP contribution in [0.5, 0.6) is 0 Å². The summed E-state index contributed by atoms with van der Waals surface area (Å²) in [6.07, 6.45) is 18.9. The molecule has 0 bridgehead atoms. The smallest absolute Gasteiger partial charge is 0.258 e. The second-order valence-electron chi connectivity index (χ2n) is 10.3. The van der Waals surface area contributed by atoms with Crippen molar-refractivity contribution in [3.8, 4) is 0 Å². The van der Waals surface area contributed by atoms with Gasteiger partial charge in [-0.05, 0) is 56.3 Å². The molecular formula is C33H51N3O2. The fraction of sp³-hybridized carbons (Fsp3) is 0.576. The Labute approximate surface area is 231 Å². The van der Waals surface area contributed by atoms with Crippen LogP contribution in [-0.2, 0) is 4.79 Å². The van der Waals surface area contributed by atoms with E-state index in [1.54, 1.807) is 29.2 Å². The number of rotatable bonds is 21. The zero-order valence-electron chi connectivity index (χ0n) is 24.0. The molecule has 2 rings (SSSR count). The maximum atomic E-state index is 12.9. The first-order valence-corrected chi connectivity index (χ1v) is 15.1. The van der Waals surface area contributed by atoms with Crippen LogP contribution in [0.1, 0.15) is 114 Å². The van der Waals surface area contributed by atoms with E-state index in [1.807, 2.05) is 37.3 Å². The minimum Gasteiger partial charge on any atom is -0.325 e. The number of hydrogen-bond donors (Lipinski definition) is 2. The van der Waals surface area contributed by atoms with Gasteiger partial charge >= 0.3 is 0 Å². The Bertz CT molecular complexity index is 883. The van der Waals surface area contributed by atoms with E-state index in [0.29, 0.717) is 24.3 Å². The van der Waals surface area contributed by atoms with E-state index >= 15 is 0 Å². The first-order chi connectivity index (χ1) is 18.7. The van der Waals surface area contributed by atoms with Gasteiger partial charge in [-0.25, -0.2) is 0 Å². The lowest BCUT2D eigenvalue weighted by molar-refractivity contribution is -0.115. The average molecular weight is 522 g/mol. The summed E-state index contributed by atoms with van der Waals surface area (Å²) in [5.74, 6) is -0.111. The molecule has 0 radical (unpaired) electrons. The van der Waals surface area contributed by atoms with E-state index < -0.39 is 0 Å². The monoisotopic (exact) mass is 521 g/mol. The lowest BCUT2D eigenvalue weighted by atomic mass is 10.0. The van der Waals surface area contributed by atoms with Crippen LogP contribution in [0.3, 0.4) is 0 Å². The zero-order valence-corrected chi connectivity index (χ0v) is 24.0. The molecule has 0 aliphatic carbocycles. The normalized spacial score (nSPS) is 10.9. The number of benzene rings is 2. The highest BCUT2D eigenvalue weighted by Crippen LogP contribution is 2.18. The summed E-state index contributed by atoms with van der Waals surface area (Å²) >= 11 is 0. The van der Waals surface area contributed by atoms with Crippen molar-refractivity contribution in [2.75, 3.05) is 29.9 Å². The highest BCUT2D eigenvalue weighted by atomic mass is 16.2. The Balaban J connectivity index is 1.49. The van der Waals surface area contributed by atoms with Crippen LogP contribution in [0.4, 0.5) is 11.4 Å². The highest BCUT2D eigenvalue weighted by molar-refractivity contribution is 6.06. The van der Waals surface area contributed by atoms with Crippen LogP contribution in [0.25, 0.3) is 0 Å². The Morgan fingerprint density at radius 2 is 1.18 bits per heavy atom. The minimum atomic E-state index is -0.0612. The number of nitrogens with one attached hydrogen (secondary N) is 2. The van der Waals surface area contributed by atoms with Crippen molar-refractivity contribution in [3.05, 3.63) is 60.2 Å². The summed E-state index contributed by atoms with van der Waals surface area (Å²) < 4.78 is 0. The van der Waals surface area contributed by atoms with E-state index in [0.717, 1.165) is 18.7 Å². The topological polar surface area (TPSA) is 61.4 Å². The van der Waals surface area contributed by atoms with Gasteiger partial charge in [-0.15, -0.1) is 0 Å². The predicted molar refractivity (Wildman–Crippen MR) is 162 cm³/mol. The first kappa shape index (κ1) is 31.6. The number of unbranched alkanes of at least 4 members (excludes halogenated alkanes) is 13. The summed E-state index contributed by atoms with van der Waals surface area (Å²) in [6, 6.07) is 16.8. The second-order valence-corrected chi connectivity index (χ2v) is 10.3. The van der Waals surface area contributed by atoms with Crippen LogP contribution < -0.4 is 15.5 Å². The van der Waals surface area contributed by atoms with Gasteiger partial charge in [0.05, 0.1) is 6.54 Å². The van der Waals surface area contributed by atoms with Gasteiger partial charge in [-0.2, -0.15) is 0 Å². The number of carbonyl (C=O) groups excluding carboxylic acids is 2. The molecule has 0 aliphatic heterocycles. The number of anilines is 2. The number of nitrogens with zero attached hydrogens (tertiary/aromatic N) is 1. The van der Waals surface area contributed by atoms with Gasteiger partial charge in [0, 0.05) is 23.5 Å². The lowest BCUT2D eigenvalue weighted by Crippen LogP contribution is -2.30. The quantitative estimate of drug-likeness (QED) is 0.162. The van der Waals surface area contributed by atoms with Gasteiger partial charge in [0.1, 0.15) is 0 Å². The van der Waals surface area contributed by atoms with Crippen LogP contribution in [0, 0.1) is 0 Å². The first-order valence-electron chi connectivity index (χ1n) is 15.1. The molecule has 0 unspecified atom stereocenters. The van der Waals surface area contributed by atoms with Crippen molar-refractivity contribution in [1.29, 1.82) is 0 Å². The summed E-state index contributed by atoms with van der Waals surface area (Å²) in [7, 11) is 0. The number of hydrogen-bond acceptors (Lipinski definition) is 3. The molecule has 38 heavy (non-hydrogen) atoms. The molecule has 0 saturated carbocycles. The van der Waals surface area contributed by atoms with Crippen LogP contribution >= 0.6 is 0 Å². The number of para-hydroxylation sites is 1. The molecule has 0 fully saturated rings. The van der Waals surface area contributed by atoms with Crippen LogP contribution in [0.15, 0.2) is 54.6 Å². The largest absolute Gasteiger partial charge is 0.325 e. The van der Waals surface area contributed by atoms with Gasteiger partial charge in [0.2, 0.25) is 5.91 Å². The fourth-order valence-corrected chi connectivity index (χ4v) is 4.75. The molecular weight excluding hydrogens is 470 g/mol. The standard InChI is InChI=1S/C33H51N3O2/c1-3-5-6-7-8-9-10-11-12-13-14-15-16-20-27-34-28-32(37)35-30-25-23-29(24-26-30)33(38)36(4-2)31-21-18-17-19-22-31/h17-19,21-26,34H,3-16,20,27-28H2,1-2H3,(H,35,37). The molecule has 5 heteroatoms. The minimum absolute atomic E-state index is 0.0496. The third kappa shape index (κ3) is 13.2. The highest BCUT2D eigenvalue weighted by Gasteiger charge is 2.15. The van der Waals surface area contributed by atoms with Gasteiger partial charge in [-0.3, -0.25) is 9.59 Å². The van der Waals surface area contributed by atoms with Crippen molar-refractivity contribution < 1.29 is 9.59 Å². The molecule has 2 amide bonds.